The highest BCUT2D eigenvalue weighted by Gasteiger charge is 2.08. The van der Waals surface area contributed by atoms with Crippen LogP contribution in [0.15, 0.2) is 97.9 Å². The predicted molar refractivity (Wildman–Crippen MR) is 94.3 cm³/mol. The minimum Gasteiger partial charge on any atom is -0.497 e. The molecule has 0 bridgehead atoms. The normalized spacial score (nSPS) is 10.5. The number of ether oxygens (including phenoxy) is 2. The molecule has 0 amide bonds. The van der Waals surface area contributed by atoms with Gasteiger partial charge in [0, 0.05) is 0 Å². The third kappa shape index (κ3) is 6.06. The first-order valence-electron chi connectivity index (χ1n) is 6.88. The zero-order valence-corrected chi connectivity index (χ0v) is 13.2. The summed E-state index contributed by atoms with van der Waals surface area (Å²) in [7, 11) is 1.56. The van der Waals surface area contributed by atoms with Crippen molar-refractivity contribution in [3.8, 4) is 5.75 Å². The van der Waals surface area contributed by atoms with Gasteiger partial charge in [-0.05, 0) is 41.5 Å². The van der Waals surface area contributed by atoms with Crippen LogP contribution in [0.3, 0.4) is 0 Å². The third-order valence-electron chi connectivity index (χ3n) is 2.87. The van der Waals surface area contributed by atoms with Crippen molar-refractivity contribution in [2.45, 2.75) is 0 Å². The molecule has 0 spiro atoms. The van der Waals surface area contributed by atoms with E-state index >= 15 is 0 Å². The molecule has 0 aliphatic heterocycles. The van der Waals surface area contributed by atoms with Gasteiger partial charge in [-0.2, -0.15) is 0 Å². The van der Waals surface area contributed by atoms with Gasteiger partial charge in [0.15, 0.2) is 0 Å². The Morgan fingerprint density at radius 3 is 2.17 bits per heavy atom. The van der Waals surface area contributed by atoms with Gasteiger partial charge in [-0.1, -0.05) is 50.6 Å². The molecular weight excluding hydrogens is 288 g/mol. The first-order valence-corrected chi connectivity index (χ1v) is 6.88. The van der Waals surface area contributed by atoms with E-state index in [1.54, 1.807) is 61.8 Å². The Morgan fingerprint density at radius 2 is 1.61 bits per heavy atom. The van der Waals surface area contributed by atoms with Gasteiger partial charge in [-0.3, -0.25) is 0 Å². The Labute approximate surface area is 137 Å². The lowest BCUT2D eigenvalue weighted by atomic mass is 10.1. The van der Waals surface area contributed by atoms with Crippen LogP contribution in [0.2, 0.25) is 0 Å². The first-order chi connectivity index (χ1) is 11.0. The highest BCUT2D eigenvalue weighted by atomic mass is 16.5. The van der Waals surface area contributed by atoms with Crippen molar-refractivity contribution in [2.24, 2.45) is 0 Å². The van der Waals surface area contributed by atoms with Gasteiger partial charge in [0.2, 0.25) is 0 Å². The molecule has 0 heterocycles. The molecule has 0 fully saturated rings. The third-order valence-corrected chi connectivity index (χ3v) is 2.87. The van der Waals surface area contributed by atoms with Crippen LogP contribution in [-0.2, 0) is 4.74 Å². The molecule has 3 heteroatoms. The standard InChI is InChI=1S/C20H20O3/c1-6-7-8-15(2)16(3)9-10-17(4)23-20(21)18-11-13-19(22-5)14-12-18/h6-14H,1-4H2,5H3/b8-7-,10-9-. The Balaban J connectivity index is 2.61. The van der Waals surface area contributed by atoms with Gasteiger partial charge in [0.05, 0.1) is 12.7 Å². The molecule has 0 saturated carbocycles. The summed E-state index contributed by atoms with van der Waals surface area (Å²) >= 11 is 0. The van der Waals surface area contributed by atoms with Crippen LogP contribution >= 0.6 is 0 Å². The fourth-order valence-corrected chi connectivity index (χ4v) is 1.53. The number of rotatable bonds is 8. The fourth-order valence-electron chi connectivity index (χ4n) is 1.53. The number of carbonyl (C=O) groups is 1. The lowest BCUT2D eigenvalue weighted by Gasteiger charge is -2.05. The number of carbonyl (C=O) groups excluding carboxylic acids is 1. The van der Waals surface area contributed by atoms with Crippen LogP contribution in [0.25, 0.3) is 0 Å². The van der Waals surface area contributed by atoms with Crippen molar-refractivity contribution in [1.82, 2.24) is 0 Å². The molecule has 0 atom stereocenters. The highest BCUT2D eigenvalue weighted by molar-refractivity contribution is 5.90. The molecule has 118 valence electrons. The van der Waals surface area contributed by atoms with Gasteiger partial charge in [0.25, 0.3) is 0 Å². The van der Waals surface area contributed by atoms with Crippen molar-refractivity contribution < 1.29 is 14.3 Å². The van der Waals surface area contributed by atoms with Crippen molar-refractivity contribution in [3.05, 3.63) is 103 Å². The summed E-state index contributed by atoms with van der Waals surface area (Å²) in [5.41, 5.74) is 1.83. The van der Waals surface area contributed by atoms with E-state index in [4.69, 9.17) is 9.47 Å². The topological polar surface area (TPSA) is 35.5 Å². The fraction of sp³-hybridized carbons (Fsp3) is 0.0500. The Morgan fingerprint density at radius 1 is 1.00 bits per heavy atom. The Bertz CT molecular complexity index is 673. The number of methoxy groups -OCH3 is 1. The van der Waals surface area contributed by atoms with E-state index in [1.165, 1.54) is 0 Å². The van der Waals surface area contributed by atoms with Gasteiger partial charge in [-0.15, -0.1) is 0 Å². The van der Waals surface area contributed by atoms with Crippen LogP contribution < -0.4 is 4.74 Å². The zero-order chi connectivity index (χ0) is 17.2. The molecule has 1 rings (SSSR count). The average molecular weight is 308 g/mol. The molecule has 0 aliphatic rings. The molecule has 1 aromatic carbocycles. The number of benzene rings is 1. The maximum Gasteiger partial charge on any atom is 0.343 e. The second-order valence-electron chi connectivity index (χ2n) is 4.56. The van der Waals surface area contributed by atoms with Crippen molar-refractivity contribution >= 4 is 5.97 Å². The van der Waals surface area contributed by atoms with Crippen LogP contribution in [0.5, 0.6) is 5.75 Å². The van der Waals surface area contributed by atoms with E-state index in [2.05, 4.69) is 26.3 Å². The Kier molecular flexibility index (Phi) is 7.08. The summed E-state index contributed by atoms with van der Waals surface area (Å²) in [4.78, 5) is 12.0. The molecule has 0 radical (unpaired) electrons. The van der Waals surface area contributed by atoms with E-state index in [1.807, 2.05) is 0 Å². The van der Waals surface area contributed by atoms with Crippen LogP contribution in [-0.4, -0.2) is 13.1 Å². The molecule has 1 aromatic rings. The average Bonchev–Trinajstić information content (AvgIpc) is 2.57. The van der Waals surface area contributed by atoms with Crippen LogP contribution in [0, 0.1) is 0 Å². The van der Waals surface area contributed by atoms with E-state index in [-0.39, 0.29) is 5.76 Å². The van der Waals surface area contributed by atoms with Gasteiger partial charge in [-0.25, -0.2) is 4.79 Å². The van der Waals surface area contributed by atoms with E-state index in [0.717, 1.165) is 5.57 Å². The number of allylic oxidation sites excluding steroid dienone is 7. The first kappa shape index (κ1) is 18.0. The van der Waals surface area contributed by atoms with Gasteiger partial charge >= 0.3 is 5.97 Å². The highest BCUT2D eigenvalue weighted by Crippen LogP contribution is 2.14. The molecule has 23 heavy (non-hydrogen) atoms. The zero-order valence-electron chi connectivity index (χ0n) is 13.2. The molecule has 0 aromatic heterocycles. The van der Waals surface area contributed by atoms with Crippen molar-refractivity contribution in [2.75, 3.05) is 7.11 Å². The maximum atomic E-state index is 12.0. The van der Waals surface area contributed by atoms with Gasteiger partial charge in [0.1, 0.15) is 11.5 Å². The minimum absolute atomic E-state index is 0.215. The molecule has 0 N–H and O–H groups in total. The molecular formula is C20H20O3. The summed E-state index contributed by atoms with van der Waals surface area (Å²) in [6, 6.07) is 6.62. The number of hydrogen-bond donors (Lipinski definition) is 0. The maximum absolute atomic E-state index is 12.0. The second-order valence-corrected chi connectivity index (χ2v) is 4.56. The minimum atomic E-state index is -0.488. The molecule has 3 nitrogen and oxygen atoms in total. The summed E-state index contributed by atoms with van der Waals surface area (Å²) in [5, 5.41) is 0. The molecule has 0 saturated heterocycles. The van der Waals surface area contributed by atoms with E-state index < -0.39 is 5.97 Å². The largest absolute Gasteiger partial charge is 0.497 e. The van der Waals surface area contributed by atoms with Crippen molar-refractivity contribution in [3.63, 3.8) is 0 Å². The molecule has 0 unspecified atom stereocenters. The summed E-state index contributed by atoms with van der Waals surface area (Å²) < 4.78 is 10.2. The van der Waals surface area contributed by atoms with E-state index in [0.29, 0.717) is 16.9 Å². The quantitative estimate of drug-likeness (QED) is 0.394. The van der Waals surface area contributed by atoms with Crippen molar-refractivity contribution in [1.29, 1.82) is 0 Å². The smallest absolute Gasteiger partial charge is 0.343 e. The van der Waals surface area contributed by atoms with Gasteiger partial charge < -0.3 is 9.47 Å². The number of esters is 1. The molecule has 0 aliphatic carbocycles. The lowest BCUT2D eigenvalue weighted by Crippen LogP contribution is -2.03. The monoisotopic (exact) mass is 308 g/mol. The summed E-state index contributed by atoms with van der Waals surface area (Å²) in [5.74, 6) is 0.397. The lowest BCUT2D eigenvalue weighted by molar-refractivity contribution is 0.0638. The van der Waals surface area contributed by atoms with Crippen LogP contribution in [0.4, 0.5) is 0 Å². The summed E-state index contributed by atoms with van der Waals surface area (Å²) in [6.45, 7) is 15.0. The second kappa shape index (κ2) is 9.05. The summed E-state index contributed by atoms with van der Waals surface area (Å²) in [6.07, 6.45) is 8.44. The van der Waals surface area contributed by atoms with E-state index in [9.17, 15) is 4.79 Å². The van der Waals surface area contributed by atoms with Crippen LogP contribution in [0.1, 0.15) is 10.4 Å². The SMILES string of the molecule is C=C/C=C\C(=C)C(=C)/C=C\C(=C)OC(=O)c1ccc(OC)cc1. The number of hydrogen-bond acceptors (Lipinski definition) is 3. The predicted octanol–water partition coefficient (Wildman–Crippen LogP) is 4.78. The Hall–Kier alpha value is -3.07.